The average molecular weight is 318 g/mol. The van der Waals surface area contributed by atoms with Crippen LogP contribution in [0.15, 0.2) is 12.1 Å². The van der Waals surface area contributed by atoms with Gasteiger partial charge in [0.1, 0.15) is 5.82 Å². The summed E-state index contributed by atoms with van der Waals surface area (Å²) in [7, 11) is 0. The lowest BCUT2D eigenvalue weighted by atomic mass is 10.3. The van der Waals surface area contributed by atoms with Crippen LogP contribution >= 0.6 is 23.2 Å². The maximum Gasteiger partial charge on any atom is 0.323 e. The number of nitrogen functional groups attached to an aromatic ring is 1. The number of hydrogen-bond acceptors (Lipinski definition) is 6. The lowest BCUT2D eigenvalue weighted by Crippen LogP contribution is -2.07. The highest BCUT2D eigenvalue weighted by Gasteiger charge is 2.12. The zero-order valence-electron chi connectivity index (χ0n) is 10.3. The van der Waals surface area contributed by atoms with Crippen molar-refractivity contribution in [1.82, 2.24) is 15.0 Å². The second kappa shape index (κ2) is 6.06. The number of nitrogens with zero attached hydrogens (tertiary/aromatic N) is 3. The molecule has 0 bridgehead atoms. The number of aromatic nitrogens is 3. The van der Waals surface area contributed by atoms with E-state index < -0.39 is 5.82 Å². The maximum atomic E-state index is 13.1. The molecule has 3 N–H and O–H groups in total. The Kier molecular flexibility index (Phi) is 4.41. The van der Waals surface area contributed by atoms with Crippen molar-refractivity contribution >= 4 is 40.8 Å². The van der Waals surface area contributed by atoms with Crippen molar-refractivity contribution in [2.75, 3.05) is 17.7 Å². The number of halogens is 3. The summed E-state index contributed by atoms with van der Waals surface area (Å²) in [6.07, 6.45) is 0. The predicted octanol–water partition coefficient (Wildman–Crippen LogP) is 3.04. The first-order chi connectivity index (χ1) is 9.49. The van der Waals surface area contributed by atoms with Crippen LogP contribution in [0.2, 0.25) is 10.0 Å². The first-order valence-corrected chi connectivity index (χ1v) is 6.31. The second-order valence-corrected chi connectivity index (χ2v) is 4.42. The first kappa shape index (κ1) is 14.5. The van der Waals surface area contributed by atoms with E-state index in [1.165, 1.54) is 0 Å². The van der Waals surface area contributed by atoms with Crippen LogP contribution in [-0.4, -0.2) is 21.6 Å². The van der Waals surface area contributed by atoms with Crippen LogP contribution in [-0.2, 0) is 0 Å². The standard InChI is InChI=1S/C11H10Cl2FN5O/c1-2-20-11-18-9(15)17-10(19-11)16-8-6(12)3-5(14)4-7(8)13/h3-4H,2H2,1H3,(H3,15,16,17,18,19). The SMILES string of the molecule is CCOc1nc(N)nc(Nc2c(Cl)cc(F)cc2Cl)n1. The third kappa shape index (κ3) is 3.37. The molecule has 20 heavy (non-hydrogen) atoms. The Hall–Kier alpha value is -1.86. The minimum atomic E-state index is -0.546. The summed E-state index contributed by atoms with van der Waals surface area (Å²) in [5, 5.41) is 2.93. The molecule has 0 aliphatic carbocycles. The topological polar surface area (TPSA) is 86.0 Å². The minimum Gasteiger partial charge on any atom is -0.464 e. The molecule has 0 unspecified atom stereocenters. The molecule has 0 atom stereocenters. The highest BCUT2D eigenvalue weighted by Crippen LogP contribution is 2.33. The van der Waals surface area contributed by atoms with Crippen molar-refractivity contribution in [3.8, 4) is 6.01 Å². The van der Waals surface area contributed by atoms with Gasteiger partial charge in [0.15, 0.2) is 0 Å². The van der Waals surface area contributed by atoms with E-state index >= 15 is 0 Å². The van der Waals surface area contributed by atoms with E-state index in [1.54, 1.807) is 6.92 Å². The number of benzene rings is 1. The highest BCUT2D eigenvalue weighted by atomic mass is 35.5. The van der Waals surface area contributed by atoms with Crippen molar-refractivity contribution in [2.45, 2.75) is 6.92 Å². The summed E-state index contributed by atoms with van der Waals surface area (Å²) in [5.74, 6) is -0.479. The van der Waals surface area contributed by atoms with Crippen molar-refractivity contribution in [3.05, 3.63) is 28.0 Å². The Balaban J connectivity index is 2.35. The van der Waals surface area contributed by atoms with Gasteiger partial charge in [-0.05, 0) is 19.1 Å². The van der Waals surface area contributed by atoms with Gasteiger partial charge >= 0.3 is 6.01 Å². The molecule has 0 aliphatic heterocycles. The number of anilines is 3. The molecule has 0 radical (unpaired) electrons. The summed E-state index contributed by atoms with van der Waals surface area (Å²) < 4.78 is 18.2. The third-order valence-electron chi connectivity index (χ3n) is 2.15. The van der Waals surface area contributed by atoms with Gasteiger partial charge in [0.25, 0.3) is 0 Å². The van der Waals surface area contributed by atoms with E-state index in [4.69, 9.17) is 33.7 Å². The van der Waals surface area contributed by atoms with Crippen molar-refractivity contribution in [1.29, 1.82) is 0 Å². The monoisotopic (exact) mass is 317 g/mol. The van der Waals surface area contributed by atoms with Gasteiger partial charge in [-0.15, -0.1) is 0 Å². The van der Waals surface area contributed by atoms with E-state index in [2.05, 4.69) is 20.3 Å². The molecule has 0 amide bonds. The fraction of sp³-hybridized carbons (Fsp3) is 0.182. The lowest BCUT2D eigenvalue weighted by molar-refractivity contribution is 0.312. The summed E-state index contributed by atoms with van der Waals surface area (Å²) in [6, 6.07) is 2.30. The molecule has 0 saturated carbocycles. The summed E-state index contributed by atoms with van der Waals surface area (Å²) in [4.78, 5) is 11.6. The summed E-state index contributed by atoms with van der Waals surface area (Å²) in [6.45, 7) is 2.15. The van der Waals surface area contributed by atoms with Crippen molar-refractivity contribution in [2.24, 2.45) is 0 Å². The molecule has 2 rings (SSSR count). The molecular weight excluding hydrogens is 308 g/mol. The number of nitrogens with one attached hydrogen (secondary N) is 1. The number of nitrogens with two attached hydrogens (primary N) is 1. The van der Waals surface area contributed by atoms with Crippen LogP contribution in [0.3, 0.4) is 0 Å². The Bertz CT molecular complexity index is 617. The molecular formula is C11H10Cl2FN5O. The minimum absolute atomic E-state index is 0.0275. The summed E-state index contributed by atoms with van der Waals surface area (Å²) >= 11 is 11.8. The van der Waals surface area contributed by atoms with Gasteiger partial charge in [-0.25, -0.2) is 4.39 Å². The van der Waals surface area contributed by atoms with E-state index in [1.807, 2.05) is 0 Å². The first-order valence-electron chi connectivity index (χ1n) is 5.55. The molecule has 1 aromatic heterocycles. The van der Waals surface area contributed by atoms with Gasteiger partial charge < -0.3 is 15.8 Å². The number of hydrogen-bond donors (Lipinski definition) is 2. The van der Waals surface area contributed by atoms with Gasteiger partial charge in [0.05, 0.1) is 22.3 Å². The maximum absolute atomic E-state index is 13.1. The van der Waals surface area contributed by atoms with Crippen LogP contribution in [0.1, 0.15) is 6.92 Å². The zero-order valence-corrected chi connectivity index (χ0v) is 11.8. The Morgan fingerprint density at radius 2 is 1.90 bits per heavy atom. The largest absolute Gasteiger partial charge is 0.464 e. The lowest BCUT2D eigenvalue weighted by Gasteiger charge is -2.10. The highest BCUT2D eigenvalue weighted by molar-refractivity contribution is 6.39. The Morgan fingerprint density at radius 1 is 1.25 bits per heavy atom. The fourth-order valence-electron chi connectivity index (χ4n) is 1.40. The molecule has 9 heteroatoms. The van der Waals surface area contributed by atoms with Crippen LogP contribution in [0, 0.1) is 5.82 Å². The van der Waals surface area contributed by atoms with Crippen LogP contribution < -0.4 is 15.8 Å². The molecule has 2 aromatic rings. The second-order valence-electron chi connectivity index (χ2n) is 3.60. The van der Waals surface area contributed by atoms with Crippen LogP contribution in [0.25, 0.3) is 0 Å². The zero-order chi connectivity index (χ0) is 14.7. The smallest absolute Gasteiger partial charge is 0.323 e. The number of ether oxygens (including phenoxy) is 1. The van der Waals surface area contributed by atoms with Gasteiger partial charge in [0, 0.05) is 0 Å². The predicted molar refractivity (Wildman–Crippen MR) is 75.1 cm³/mol. The molecule has 0 spiro atoms. The molecule has 1 aromatic carbocycles. The average Bonchev–Trinajstić information content (AvgIpc) is 2.33. The molecule has 106 valence electrons. The van der Waals surface area contributed by atoms with E-state index in [0.29, 0.717) is 6.61 Å². The molecule has 6 nitrogen and oxygen atoms in total. The number of rotatable bonds is 4. The molecule has 0 fully saturated rings. The normalized spacial score (nSPS) is 10.4. The van der Waals surface area contributed by atoms with Crippen molar-refractivity contribution < 1.29 is 9.13 Å². The van der Waals surface area contributed by atoms with Crippen molar-refractivity contribution in [3.63, 3.8) is 0 Å². The van der Waals surface area contributed by atoms with E-state index in [-0.39, 0.29) is 33.6 Å². The molecule has 0 aliphatic rings. The van der Waals surface area contributed by atoms with E-state index in [9.17, 15) is 4.39 Å². The fourth-order valence-corrected chi connectivity index (χ4v) is 1.95. The third-order valence-corrected chi connectivity index (χ3v) is 2.75. The van der Waals surface area contributed by atoms with Gasteiger partial charge in [-0.3, -0.25) is 0 Å². The quantitative estimate of drug-likeness (QED) is 0.901. The molecule has 0 saturated heterocycles. The Morgan fingerprint density at radius 3 is 2.50 bits per heavy atom. The molecule has 1 heterocycles. The Labute approximate surface area is 124 Å². The summed E-state index contributed by atoms with van der Waals surface area (Å²) in [5.41, 5.74) is 5.80. The van der Waals surface area contributed by atoms with Gasteiger partial charge in [0.2, 0.25) is 11.9 Å². The van der Waals surface area contributed by atoms with Crippen LogP contribution in [0.5, 0.6) is 6.01 Å². The van der Waals surface area contributed by atoms with Crippen LogP contribution in [0.4, 0.5) is 22.0 Å². The van der Waals surface area contributed by atoms with Gasteiger partial charge in [-0.2, -0.15) is 15.0 Å². The van der Waals surface area contributed by atoms with Gasteiger partial charge in [-0.1, -0.05) is 23.2 Å². The van der Waals surface area contributed by atoms with E-state index in [0.717, 1.165) is 12.1 Å².